The number of nitrogens with one attached hydrogen (secondary N) is 1. The fourth-order valence-corrected chi connectivity index (χ4v) is 2.71. The first-order chi connectivity index (χ1) is 11.1. The molecular formula is C18H21N3O2. The van der Waals surface area contributed by atoms with Crippen LogP contribution < -0.4 is 10.1 Å². The van der Waals surface area contributed by atoms with Crippen LogP contribution in [0.3, 0.4) is 0 Å². The average Bonchev–Trinajstić information content (AvgIpc) is 2.58. The zero-order chi connectivity index (χ0) is 16.2. The zero-order valence-electron chi connectivity index (χ0n) is 13.4. The normalized spacial score (nSPS) is 21.0. The predicted molar refractivity (Wildman–Crippen MR) is 88.7 cm³/mol. The van der Waals surface area contributed by atoms with Gasteiger partial charge in [0.15, 0.2) is 0 Å². The summed E-state index contributed by atoms with van der Waals surface area (Å²) in [6, 6.07) is 13.4. The van der Waals surface area contributed by atoms with E-state index in [0.717, 1.165) is 12.3 Å². The molecule has 1 fully saturated rings. The molecule has 1 N–H and O–H groups in total. The minimum absolute atomic E-state index is 0.0515. The number of benzene rings is 1. The molecule has 1 amide bonds. The number of rotatable bonds is 3. The second-order valence-electron chi connectivity index (χ2n) is 5.77. The third kappa shape index (κ3) is 3.51. The Bertz CT molecular complexity index is 675. The molecule has 2 heterocycles. The summed E-state index contributed by atoms with van der Waals surface area (Å²) in [5, 5.41) is 3.37. The highest BCUT2D eigenvalue weighted by Crippen LogP contribution is 2.22. The van der Waals surface area contributed by atoms with E-state index in [0.29, 0.717) is 18.0 Å². The van der Waals surface area contributed by atoms with Crippen molar-refractivity contribution in [3.63, 3.8) is 0 Å². The number of nitrogens with zero attached hydrogens (tertiary/aromatic N) is 2. The predicted octanol–water partition coefficient (Wildman–Crippen LogP) is 2.70. The highest BCUT2D eigenvalue weighted by molar-refractivity contribution is 5.93. The molecule has 1 aromatic heterocycles. The third-order valence-electron chi connectivity index (χ3n) is 4.22. The van der Waals surface area contributed by atoms with Crippen molar-refractivity contribution in [1.29, 1.82) is 0 Å². The SMILES string of the molecule is CC1NCCN(C(=O)c2cc(Oc3ccccc3)ccn2)C1C. The number of piperazine rings is 1. The van der Waals surface area contributed by atoms with Crippen LogP contribution in [-0.4, -0.2) is 41.0 Å². The van der Waals surface area contributed by atoms with Crippen molar-refractivity contribution in [1.82, 2.24) is 15.2 Å². The van der Waals surface area contributed by atoms with Gasteiger partial charge in [-0.15, -0.1) is 0 Å². The van der Waals surface area contributed by atoms with E-state index < -0.39 is 0 Å². The summed E-state index contributed by atoms with van der Waals surface area (Å²) in [6.45, 7) is 5.64. The molecule has 0 saturated carbocycles. The number of para-hydroxylation sites is 1. The van der Waals surface area contributed by atoms with Crippen molar-refractivity contribution in [3.05, 3.63) is 54.4 Å². The largest absolute Gasteiger partial charge is 0.457 e. The molecule has 0 aliphatic carbocycles. The number of carbonyl (C=O) groups excluding carboxylic acids is 1. The molecular weight excluding hydrogens is 290 g/mol. The van der Waals surface area contributed by atoms with Crippen LogP contribution in [0.5, 0.6) is 11.5 Å². The lowest BCUT2D eigenvalue weighted by molar-refractivity contribution is 0.0596. The Morgan fingerprint density at radius 1 is 1.22 bits per heavy atom. The lowest BCUT2D eigenvalue weighted by atomic mass is 10.1. The maximum absolute atomic E-state index is 12.7. The summed E-state index contributed by atoms with van der Waals surface area (Å²) in [5.41, 5.74) is 0.416. The average molecular weight is 311 g/mol. The molecule has 1 aliphatic heterocycles. The molecule has 5 heteroatoms. The van der Waals surface area contributed by atoms with Crippen molar-refractivity contribution < 1.29 is 9.53 Å². The molecule has 1 aliphatic rings. The van der Waals surface area contributed by atoms with Gasteiger partial charge in [0.25, 0.3) is 5.91 Å². The molecule has 2 unspecified atom stereocenters. The Morgan fingerprint density at radius 2 is 2.00 bits per heavy atom. The number of ether oxygens (including phenoxy) is 1. The van der Waals surface area contributed by atoms with Crippen LogP contribution in [0.25, 0.3) is 0 Å². The highest BCUT2D eigenvalue weighted by atomic mass is 16.5. The van der Waals surface area contributed by atoms with Gasteiger partial charge in [-0.25, -0.2) is 0 Å². The second-order valence-corrected chi connectivity index (χ2v) is 5.77. The molecule has 0 spiro atoms. The summed E-state index contributed by atoms with van der Waals surface area (Å²) in [5.74, 6) is 1.30. The van der Waals surface area contributed by atoms with E-state index in [2.05, 4.69) is 24.1 Å². The van der Waals surface area contributed by atoms with Crippen molar-refractivity contribution in [2.45, 2.75) is 25.9 Å². The van der Waals surface area contributed by atoms with Gasteiger partial charge in [-0.2, -0.15) is 0 Å². The van der Waals surface area contributed by atoms with Crippen LogP contribution in [-0.2, 0) is 0 Å². The summed E-state index contributed by atoms with van der Waals surface area (Å²) in [4.78, 5) is 18.8. The molecule has 0 bridgehead atoms. The highest BCUT2D eigenvalue weighted by Gasteiger charge is 2.29. The Balaban J connectivity index is 1.78. The van der Waals surface area contributed by atoms with E-state index in [1.54, 1.807) is 18.3 Å². The topological polar surface area (TPSA) is 54.5 Å². The third-order valence-corrected chi connectivity index (χ3v) is 4.22. The van der Waals surface area contributed by atoms with Crippen LogP contribution in [0.15, 0.2) is 48.7 Å². The van der Waals surface area contributed by atoms with Gasteiger partial charge in [0.1, 0.15) is 17.2 Å². The first kappa shape index (κ1) is 15.5. The summed E-state index contributed by atoms with van der Waals surface area (Å²) in [7, 11) is 0. The second kappa shape index (κ2) is 6.79. The number of aromatic nitrogens is 1. The fraction of sp³-hybridized carbons (Fsp3) is 0.333. The van der Waals surface area contributed by atoms with Crippen LogP contribution in [0, 0.1) is 0 Å². The minimum atomic E-state index is -0.0515. The van der Waals surface area contributed by atoms with E-state index in [9.17, 15) is 4.79 Å². The lowest BCUT2D eigenvalue weighted by Gasteiger charge is -2.38. The van der Waals surface area contributed by atoms with Crippen LogP contribution in [0.1, 0.15) is 24.3 Å². The van der Waals surface area contributed by atoms with E-state index in [-0.39, 0.29) is 18.0 Å². The van der Waals surface area contributed by atoms with Crippen LogP contribution >= 0.6 is 0 Å². The molecule has 1 saturated heterocycles. The van der Waals surface area contributed by atoms with Crippen LogP contribution in [0.4, 0.5) is 0 Å². The molecule has 2 aromatic rings. The lowest BCUT2D eigenvalue weighted by Crippen LogP contribution is -2.57. The van der Waals surface area contributed by atoms with Gasteiger partial charge in [0.05, 0.1) is 0 Å². The smallest absolute Gasteiger partial charge is 0.272 e. The molecule has 1 aromatic carbocycles. The Hall–Kier alpha value is -2.40. The molecule has 3 rings (SSSR count). The van der Waals surface area contributed by atoms with Crippen molar-refractivity contribution in [3.8, 4) is 11.5 Å². The summed E-state index contributed by atoms with van der Waals surface area (Å²) >= 11 is 0. The fourth-order valence-electron chi connectivity index (χ4n) is 2.71. The van der Waals surface area contributed by atoms with Gasteiger partial charge in [-0.1, -0.05) is 18.2 Å². The van der Waals surface area contributed by atoms with Crippen molar-refractivity contribution in [2.75, 3.05) is 13.1 Å². The quantitative estimate of drug-likeness (QED) is 0.947. The standard InChI is InChI=1S/C18H21N3O2/c1-13-14(2)21(11-10-19-13)18(22)17-12-16(8-9-20-17)23-15-6-4-3-5-7-15/h3-9,12-14,19H,10-11H2,1-2H3. The monoisotopic (exact) mass is 311 g/mol. The summed E-state index contributed by atoms with van der Waals surface area (Å²) < 4.78 is 5.78. The maximum atomic E-state index is 12.7. The van der Waals surface area contributed by atoms with Gasteiger partial charge >= 0.3 is 0 Å². The van der Waals surface area contributed by atoms with Gasteiger partial charge in [-0.3, -0.25) is 9.78 Å². The van der Waals surface area contributed by atoms with E-state index in [4.69, 9.17) is 4.74 Å². The first-order valence-corrected chi connectivity index (χ1v) is 7.88. The Labute approximate surface area is 136 Å². The number of hydrogen-bond acceptors (Lipinski definition) is 4. The molecule has 0 radical (unpaired) electrons. The van der Waals surface area contributed by atoms with Crippen molar-refractivity contribution in [2.24, 2.45) is 0 Å². The Morgan fingerprint density at radius 3 is 2.78 bits per heavy atom. The van der Waals surface area contributed by atoms with Gasteiger partial charge < -0.3 is 15.0 Å². The minimum Gasteiger partial charge on any atom is -0.457 e. The van der Waals surface area contributed by atoms with E-state index in [1.165, 1.54) is 0 Å². The number of pyridine rings is 1. The van der Waals surface area contributed by atoms with Gasteiger partial charge in [0, 0.05) is 37.4 Å². The number of carbonyl (C=O) groups is 1. The first-order valence-electron chi connectivity index (χ1n) is 7.88. The molecule has 5 nitrogen and oxygen atoms in total. The number of hydrogen-bond donors (Lipinski definition) is 1. The molecule has 2 atom stereocenters. The Kier molecular flexibility index (Phi) is 4.57. The number of amides is 1. The molecule has 120 valence electrons. The van der Waals surface area contributed by atoms with Gasteiger partial charge in [-0.05, 0) is 32.0 Å². The van der Waals surface area contributed by atoms with Gasteiger partial charge in [0.2, 0.25) is 0 Å². The maximum Gasteiger partial charge on any atom is 0.272 e. The van der Waals surface area contributed by atoms with E-state index >= 15 is 0 Å². The summed E-state index contributed by atoms with van der Waals surface area (Å²) in [6.07, 6.45) is 1.61. The molecule has 23 heavy (non-hydrogen) atoms. The zero-order valence-corrected chi connectivity index (χ0v) is 13.4. The van der Waals surface area contributed by atoms with Crippen LogP contribution in [0.2, 0.25) is 0 Å². The van der Waals surface area contributed by atoms with E-state index in [1.807, 2.05) is 35.2 Å². The van der Waals surface area contributed by atoms with Crippen molar-refractivity contribution >= 4 is 5.91 Å².